The fraction of sp³-hybridized carbons (Fsp3) is 0.692. The Morgan fingerprint density at radius 3 is 1.78 bits per heavy atom. The van der Waals surface area contributed by atoms with E-state index in [1.165, 1.54) is 69.8 Å². The van der Waals surface area contributed by atoms with Gasteiger partial charge in [0.2, 0.25) is 0 Å². The molecule has 1 aliphatic carbocycles. The van der Waals surface area contributed by atoms with E-state index in [9.17, 15) is 9.59 Å². The molecular weight excluding hydrogens is 408 g/mol. The molecule has 2 fully saturated rings. The lowest BCUT2D eigenvalue weighted by atomic mass is 9.78. The highest BCUT2D eigenvalue weighted by Gasteiger charge is 2.46. The zero-order valence-electron chi connectivity index (χ0n) is 19.2. The Morgan fingerprint density at radius 2 is 1.31 bits per heavy atom. The monoisotopic (exact) mass is 446 g/mol. The lowest BCUT2D eigenvalue weighted by Gasteiger charge is -2.28. The number of rotatable bonds is 12. The van der Waals surface area contributed by atoms with E-state index in [0.717, 1.165) is 24.7 Å². The molecule has 6 nitrogen and oxygen atoms in total. The van der Waals surface area contributed by atoms with E-state index >= 15 is 0 Å². The normalized spacial score (nSPS) is 26.3. The Bertz CT molecular complexity index is 700. The molecular formula is C26H38O6. The first-order chi connectivity index (χ1) is 15.5. The molecule has 1 aliphatic heterocycles. The molecule has 2 atom stereocenters. The molecule has 0 radical (unpaired) electrons. The highest BCUT2D eigenvalue weighted by molar-refractivity contribution is 5.84. The lowest BCUT2D eigenvalue weighted by Crippen LogP contribution is -2.36. The number of benzene rings is 1. The van der Waals surface area contributed by atoms with Crippen LogP contribution in [0.3, 0.4) is 0 Å². The summed E-state index contributed by atoms with van der Waals surface area (Å²) >= 11 is 0. The number of hydrogen-bond acceptors (Lipinski definition) is 4. The fourth-order valence-corrected chi connectivity index (χ4v) is 5.07. The predicted molar refractivity (Wildman–Crippen MR) is 121 cm³/mol. The molecule has 0 unspecified atom stereocenters. The van der Waals surface area contributed by atoms with Gasteiger partial charge in [-0.25, -0.2) is 9.59 Å². The number of unbranched alkanes of at least 4 members (excludes halogenated alkanes) is 3. The maximum Gasteiger partial charge on any atom is 0.336 e. The first kappa shape index (κ1) is 24.7. The second kappa shape index (κ2) is 12.4. The summed E-state index contributed by atoms with van der Waals surface area (Å²) < 4.78 is 10.6. The molecule has 2 aliphatic rings. The van der Waals surface area contributed by atoms with Crippen LogP contribution in [0.5, 0.6) is 0 Å². The van der Waals surface area contributed by atoms with Crippen molar-refractivity contribution in [1.82, 2.24) is 0 Å². The van der Waals surface area contributed by atoms with E-state index in [1.54, 1.807) is 0 Å². The summed E-state index contributed by atoms with van der Waals surface area (Å²) in [5, 5.41) is 18.3. The Labute approximate surface area is 191 Å². The highest BCUT2D eigenvalue weighted by Crippen LogP contribution is 2.35. The van der Waals surface area contributed by atoms with Crippen LogP contribution in [0.25, 0.3) is 0 Å². The third-order valence-electron chi connectivity index (χ3n) is 7.06. The molecule has 1 saturated carbocycles. The number of carboxylic acid groups (broad SMARTS) is 2. The number of carbonyl (C=O) groups is 2. The van der Waals surface area contributed by atoms with Crippen LogP contribution in [0.4, 0.5) is 0 Å². The predicted octanol–water partition coefficient (Wildman–Crippen LogP) is 5.74. The largest absolute Gasteiger partial charge is 0.479 e. The molecule has 0 spiro atoms. The summed E-state index contributed by atoms with van der Waals surface area (Å²) in [4.78, 5) is 22.4. The highest BCUT2D eigenvalue weighted by atomic mass is 16.7. The number of aliphatic carboxylic acids is 2. The SMILES string of the molecule is CCCCC[C@H]1CC[C@H](CCCCc2ccc(C3O[C@@H](C(=O)O)[C@H](C(=O)O)O3)cc2)CC1. The summed E-state index contributed by atoms with van der Waals surface area (Å²) in [6.45, 7) is 2.27. The summed E-state index contributed by atoms with van der Waals surface area (Å²) in [6.07, 6.45) is 12.0. The third-order valence-corrected chi connectivity index (χ3v) is 7.06. The van der Waals surface area contributed by atoms with Crippen LogP contribution in [0.15, 0.2) is 24.3 Å². The second-order valence-electron chi connectivity index (χ2n) is 9.49. The molecule has 0 bridgehead atoms. The smallest absolute Gasteiger partial charge is 0.336 e. The van der Waals surface area contributed by atoms with Gasteiger partial charge in [0.05, 0.1) is 0 Å². The maximum atomic E-state index is 11.2. The van der Waals surface area contributed by atoms with Gasteiger partial charge in [0.15, 0.2) is 18.5 Å². The van der Waals surface area contributed by atoms with Gasteiger partial charge in [0.25, 0.3) is 0 Å². The van der Waals surface area contributed by atoms with E-state index in [2.05, 4.69) is 6.92 Å². The van der Waals surface area contributed by atoms with Crippen molar-refractivity contribution in [2.75, 3.05) is 0 Å². The molecule has 1 heterocycles. The van der Waals surface area contributed by atoms with Gasteiger partial charge >= 0.3 is 11.9 Å². The van der Waals surface area contributed by atoms with Gasteiger partial charge in [0, 0.05) is 5.56 Å². The van der Waals surface area contributed by atoms with Crippen molar-refractivity contribution in [3.63, 3.8) is 0 Å². The van der Waals surface area contributed by atoms with Gasteiger partial charge in [-0.1, -0.05) is 95.4 Å². The van der Waals surface area contributed by atoms with E-state index in [0.29, 0.717) is 5.56 Å². The van der Waals surface area contributed by atoms with Crippen molar-refractivity contribution in [3.05, 3.63) is 35.4 Å². The van der Waals surface area contributed by atoms with Crippen molar-refractivity contribution < 1.29 is 29.3 Å². The Morgan fingerprint density at radius 1 is 0.812 bits per heavy atom. The van der Waals surface area contributed by atoms with Crippen LogP contribution in [-0.2, 0) is 25.5 Å². The first-order valence-electron chi connectivity index (χ1n) is 12.3. The first-order valence-corrected chi connectivity index (χ1v) is 12.3. The quantitative estimate of drug-likeness (QED) is 0.398. The minimum atomic E-state index is -1.50. The lowest BCUT2D eigenvalue weighted by molar-refractivity contribution is -0.156. The average Bonchev–Trinajstić information content (AvgIpc) is 3.25. The van der Waals surface area contributed by atoms with Crippen molar-refractivity contribution >= 4 is 11.9 Å². The van der Waals surface area contributed by atoms with Crippen LogP contribution in [0.2, 0.25) is 0 Å². The van der Waals surface area contributed by atoms with Gasteiger partial charge in [0.1, 0.15) is 0 Å². The Kier molecular flexibility index (Phi) is 9.54. The van der Waals surface area contributed by atoms with Gasteiger partial charge in [-0.15, -0.1) is 0 Å². The summed E-state index contributed by atoms with van der Waals surface area (Å²) in [7, 11) is 0. The van der Waals surface area contributed by atoms with E-state index in [1.807, 2.05) is 24.3 Å². The number of ether oxygens (including phenoxy) is 2. The Balaban J connectivity index is 1.35. The molecule has 3 rings (SSSR count). The van der Waals surface area contributed by atoms with Gasteiger partial charge in [-0.2, -0.15) is 0 Å². The van der Waals surface area contributed by atoms with Gasteiger partial charge in [-0.3, -0.25) is 0 Å². The fourth-order valence-electron chi connectivity index (χ4n) is 5.07. The minimum absolute atomic E-state index is 0.638. The van der Waals surface area contributed by atoms with Crippen molar-refractivity contribution in [2.45, 2.75) is 102 Å². The average molecular weight is 447 g/mol. The van der Waals surface area contributed by atoms with E-state index in [-0.39, 0.29) is 0 Å². The van der Waals surface area contributed by atoms with Gasteiger partial charge < -0.3 is 19.7 Å². The zero-order chi connectivity index (χ0) is 22.9. The van der Waals surface area contributed by atoms with Crippen molar-refractivity contribution in [2.24, 2.45) is 11.8 Å². The molecule has 0 amide bonds. The molecule has 0 aromatic heterocycles. The second-order valence-corrected chi connectivity index (χ2v) is 9.49. The maximum absolute atomic E-state index is 11.2. The summed E-state index contributed by atoms with van der Waals surface area (Å²) in [6, 6.07) is 7.66. The summed E-state index contributed by atoms with van der Waals surface area (Å²) in [5.41, 5.74) is 1.86. The van der Waals surface area contributed by atoms with Crippen LogP contribution < -0.4 is 0 Å². The molecule has 1 saturated heterocycles. The minimum Gasteiger partial charge on any atom is -0.479 e. The van der Waals surface area contributed by atoms with Crippen LogP contribution in [0, 0.1) is 11.8 Å². The number of hydrogen-bond donors (Lipinski definition) is 2. The molecule has 6 heteroatoms. The zero-order valence-corrected chi connectivity index (χ0v) is 19.2. The van der Waals surface area contributed by atoms with Crippen molar-refractivity contribution in [3.8, 4) is 0 Å². The standard InChI is InChI=1S/C26H38O6/c1-2-3-4-7-18-10-12-19(13-11-18)8-5-6-9-20-14-16-21(17-15-20)26-31-22(24(27)28)23(32-26)25(29)30/h14-19,22-23,26H,2-13H2,1H3,(H,27,28)(H,29,30)/t18-,19-,22-,23-/m1/s1. The molecule has 178 valence electrons. The number of carboxylic acids is 2. The molecule has 1 aromatic carbocycles. The molecule has 2 N–H and O–H groups in total. The van der Waals surface area contributed by atoms with Crippen LogP contribution >= 0.6 is 0 Å². The third kappa shape index (κ3) is 7.04. The van der Waals surface area contributed by atoms with E-state index in [4.69, 9.17) is 19.7 Å². The Hall–Kier alpha value is -1.92. The number of aryl methyl sites for hydroxylation is 1. The topological polar surface area (TPSA) is 93.1 Å². The van der Waals surface area contributed by atoms with Crippen LogP contribution in [-0.4, -0.2) is 34.4 Å². The van der Waals surface area contributed by atoms with Crippen LogP contribution in [0.1, 0.15) is 95.0 Å². The van der Waals surface area contributed by atoms with E-state index < -0.39 is 30.4 Å². The molecule has 1 aromatic rings. The summed E-state index contributed by atoms with van der Waals surface area (Å²) in [5.74, 6) is -0.787. The van der Waals surface area contributed by atoms with Gasteiger partial charge in [-0.05, 0) is 30.2 Å². The van der Waals surface area contributed by atoms with Crippen molar-refractivity contribution in [1.29, 1.82) is 0 Å². The molecule has 32 heavy (non-hydrogen) atoms.